The topological polar surface area (TPSA) is 110 Å². The third-order valence-electron chi connectivity index (χ3n) is 5.70. The van der Waals surface area contributed by atoms with E-state index in [0.29, 0.717) is 30.4 Å². The first-order valence-electron chi connectivity index (χ1n) is 10.6. The van der Waals surface area contributed by atoms with Crippen LogP contribution in [0.2, 0.25) is 0 Å². The maximum absolute atomic E-state index is 11.4. The standard InChI is InChI=1S/C23H25N7O3/c1-15-16(10-29-13-23(2,32)14-33-29)11-30(27-15)21-6-7-24-22(26-21)25-18-4-5-20-19(8-18)17(12-31)9-28(20)3/h4-9,11-12,32H,10,13-14H2,1-3H3,(H,24,25,26). The normalized spacial score (nSPS) is 18.8. The van der Waals surface area contributed by atoms with Crippen molar-refractivity contribution in [3.63, 3.8) is 0 Å². The van der Waals surface area contributed by atoms with Crippen LogP contribution in [0.25, 0.3) is 16.7 Å². The average Bonchev–Trinajstić information content (AvgIpc) is 3.43. The van der Waals surface area contributed by atoms with Crippen molar-refractivity contribution in [3.8, 4) is 5.82 Å². The maximum Gasteiger partial charge on any atom is 0.229 e. The highest BCUT2D eigenvalue weighted by Crippen LogP contribution is 2.25. The second-order valence-corrected chi connectivity index (χ2v) is 8.66. The monoisotopic (exact) mass is 447 g/mol. The van der Waals surface area contributed by atoms with Crippen molar-refractivity contribution in [1.29, 1.82) is 0 Å². The summed E-state index contributed by atoms with van der Waals surface area (Å²) in [6.45, 7) is 4.93. The van der Waals surface area contributed by atoms with Gasteiger partial charge in [0.1, 0.15) is 5.60 Å². The Balaban J connectivity index is 1.37. The molecule has 0 amide bonds. The van der Waals surface area contributed by atoms with E-state index < -0.39 is 5.60 Å². The van der Waals surface area contributed by atoms with Gasteiger partial charge in [-0.3, -0.25) is 9.63 Å². The number of anilines is 2. The number of benzene rings is 1. The van der Waals surface area contributed by atoms with Crippen LogP contribution < -0.4 is 5.32 Å². The fourth-order valence-electron chi connectivity index (χ4n) is 4.02. The number of hydrogen-bond acceptors (Lipinski definition) is 8. The Labute approximate surface area is 190 Å². The van der Waals surface area contributed by atoms with E-state index in [1.807, 2.05) is 49.1 Å². The van der Waals surface area contributed by atoms with Crippen LogP contribution in [0.4, 0.5) is 11.6 Å². The van der Waals surface area contributed by atoms with Crippen LogP contribution in [0.15, 0.2) is 42.9 Å². The fraction of sp³-hybridized carbons (Fsp3) is 0.304. The molecular weight excluding hydrogens is 422 g/mol. The van der Waals surface area contributed by atoms with E-state index in [1.165, 1.54) is 0 Å². The average molecular weight is 447 g/mol. The largest absolute Gasteiger partial charge is 0.386 e. The lowest BCUT2D eigenvalue weighted by Crippen LogP contribution is -2.31. The molecule has 0 bridgehead atoms. The maximum atomic E-state index is 11.4. The second-order valence-electron chi connectivity index (χ2n) is 8.66. The van der Waals surface area contributed by atoms with E-state index in [9.17, 15) is 9.90 Å². The molecule has 1 unspecified atom stereocenters. The number of nitrogens with zero attached hydrogens (tertiary/aromatic N) is 6. The Kier molecular flexibility index (Phi) is 5.20. The van der Waals surface area contributed by atoms with Gasteiger partial charge < -0.3 is 15.0 Å². The van der Waals surface area contributed by atoms with Crippen LogP contribution in [0.5, 0.6) is 0 Å². The molecule has 170 valence electrons. The Morgan fingerprint density at radius 1 is 1.30 bits per heavy atom. The number of nitrogens with one attached hydrogen (secondary N) is 1. The molecule has 1 saturated heterocycles. The first-order chi connectivity index (χ1) is 15.8. The van der Waals surface area contributed by atoms with Gasteiger partial charge in [0.25, 0.3) is 0 Å². The zero-order valence-electron chi connectivity index (χ0n) is 18.7. The summed E-state index contributed by atoms with van der Waals surface area (Å²) in [6, 6.07) is 7.57. The zero-order valence-corrected chi connectivity index (χ0v) is 18.7. The first kappa shape index (κ1) is 21.3. The van der Waals surface area contributed by atoms with E-state index >= 15 is 0 Å². The minimum atomic E-state index is -0.841. The van der Waals surface area contributed by atoms with Gasteiger partial charge in [0.2, 0.25) is 5.95 Å². The summed E-state index contributed by atoms with van der Waals surface area (Å²) in [4.78, 5) is 25.9. The molecule has 0 saturated carbocycles. The van der Waals surface area contributed by atoms with Gasteiger partial charge in [-0.2, -0.15) is 15.1 Å². The lowest BCUT2D eigenvalue weighted by atomic mass is 10.1. The highest BCUT2D eigenvalue weighted by atomic mass is 16.7. The number of hydroxylamine groups is 2. The van der Waals surface area contributed by atoms with Crippen LogP contribution in [0.1, 0.15) is 28.5 Å². The van der Waals surface area contributed by atoms with Gasteiger partial charge in [-0.1, -0.05) is 0 Å². The summed E-state index contributed by atoms with van der Waals surface area (Å²) in [6.07, 6.45) is 6.24. The molecule has 0 aliphatic carbocycles. The van der Waals surface area contributed by atoms with E-state index in [2.05, 4.69) is 20.4 Å². The molecule has 33 heavy (non-hydrogen) atoms. The summed E-state index contributed by atoms with van der Waals surface area (Å²) in [7, 11) is 1.91. The van der Waals surface area contributed by atoms with Crippen LogP contribution in [-0.4, -0.2) is 59.5 Å². The summed E-state index contributed by atoms with van der Waals surface area (Å²) in [5, 5.41) is 20.5. The number of carbonyl (C=O) groups is 1. The molecule has 2 N–H and O–H groups in total. The molecule has 1 aliphatic rings. The van der Waals surface area contributed by atoms with Gasteiger partial charge in [-0.05, 0) is 32.0 Å². The van der Waals surface area contributed by atoms with Gasteiger partial charge in [-0.15, -0.1) is 0 Å². The molecule has 10 heteroatoms. The Morgan fingerprint density at radius 2 is 2.15 bits per heavy atom. The first-order valence-corrected chi connectivity index (χ1v) is 10.6. The van der Waals surface area contributed by atoms with Gasteiger partial charge in [0, 0.05) is 59.4 Å². The number of aromatic nitrogens is 5. The van der Waals surface area contributed by atoms with Crippen molar-refractivity contribution in [3.05, 3.63) is 59.7 Å². The molecule has 4 heterocycles. The van der Waals surface area contributed by atoms with Crippen molar-refractivity contribution in [1.82, 2.24) is 29.4 Å². The van der Waals surface area contributed by atoms with Crippen LogP contribution in [0, 0.1) is 6.92 Å². The van der Waals surface area contributed by atoms with Gasteiger partial charge in [0.15, 0.2) is 12.1 Å². The molecule has 5 rings (SSSR count). The summed E-state index contributed by atoms with van der Waals surface area (Å²) >= 11 is 0. The molecule has 0 spiro atoms. The number of β-amino-alcohol motifs (C(OH)–C–C–N with tert-alkyl or cyclic N) is 1. The van der Waals surface area contributed by atoms with Crippen LogP contribution in [-0.2, 0) is 18.4 Å². The zero-order chi connectivity index (χ0) is 23.2. The highest BCUT2D eigenvalue weighted by Gasteiger charge is 2.33. The number of fused-ring (bicyclic) bond motifs is 1. The quantitative estimate of drug-likeness (QED) is 0.434. The number of aryl methyl sites for hydroxylation is 2. The molecule has 4 aromatic rings. The predicted molar refractivity (Wildman–Crippen MR) is 122 cm³/mol. The van der Waals surface area contributed by atoms with Gasteiger partial charge in [0.05, 0.1) is 25.4 Å². The fourth-order valence-corrected chi connectivity index (χ4v) is 4.02. The summed E-state index contributed by atoms with van der Waals surface area (Å²) in [5.74, 6) is 1.04. The predicted octanol–water partition coefficient (Wildman–Crippen LogP) is 2.52. The summed E-state index contributed by atoms with van der Waals surface area (Å²) in [5.41, 5.74) is 3.39. The number of aliphatic hydroxyl groups is 1. The van der Waals surface area contributed by atoms with Crippen molar-refractivity contribution in [2.75, 3.05) is 18.5 Å². The van der Waals surface area contributed by atoms with Crippen molar-refractivity contribution in [2.24, 2.45) is 7.05 Å². The third-order valence-corrected chi connectivity index (χ3v) is 5.70. The van der Waals surface area contributed by atoms with E-state index in [-0.39, 0.29) is 6.61 Å². The van der Waals surface area contributed by atoms with Gasteiger partial charge in [-0.25, -0.2) is 9.67 Å². The van der Waals surface area contributed by atoms with E-state index in [1.54, 1.807) is 28.9 Å². The smallest absolute Gasteiger partial charge is 0.229 e. The molecule has 0 radical (unpaired) electrons. The molecule has 1 aliphatic heterocycles. The van der Waals surface area contributed by atoms with Crippen molar-refractivity contribution >= 4 is 28.8 Å². The summed E-state index contributed by atoms with van der Waals surface area (Å²) < 4.78 is 3.63. The number of carbonyl (C=O) groups excluding carboxylic acids is 1. The van der Waals surface area contributed by atoms with E-state index in [0.717, 1.165) is 34.1 Å². The van der Waals surface area contributed by atoms with Crippen LogP contribution >= 0.6 is 0 Å². The third kappa shape index (κ3) is 4.23. The Morgan fingerprint density at radius 3 is 2.91 bits per heavy atom. The molecule has 1 aromatic carbocycles. The number of aldehydes is 1. The van der Waals surface area contributed by atoms with E-state index in [4.69, 9.17) is 4.84 Å². The second kappa shape index (κ2) is 8.07. The van der Waals surface area contributed by atoms with Gasteiger partial charge >= 0.3 is 0 Å². The lowest BCUT2D eigenvalue weighted by Gasteiger charge is -2.15. The Bertz CT molecular complexity index is 1340. The molecule has 3 aromatic heterocycles. The number of hydrogen-bond donors (Lipinski definition) is 2. The SMILES string of the molecule is Cc1nn(-c2ccnc(Nc3ccc4c(c3)c(C=O)cn4C)n2)cc1CN1CC(C)(O)CO1. The van der Waals surface area contributed by atoms with Crippen LogP contribution in [0.3, 0.4) is 0 Å². The number of rotatable bonds is 6. The van der Waals surface area contributed by atoms with Crippen molar-refractivity contribution < 1.29 is 14.7 Å². The lowest BCUT2D eigenvalue weighted by molar-refractivity contribution is -0.118. The Hall–Kier alpha value is -3.60. The molecular formula is C23H25N7O3. The highest BCUT2D eigenvalue weighted by molar-refractivity contribution is 5.99. The minimum absolute atomic E-state index is 0.282. The molecule has 1 atom stereocenters. The molecule has 1 fully saturated rings. The minimum Gasteiger partial charge on any atom is -0.386 e. The molecule has 10 nitrogen and oxygen atoms in total. The van der Waals surface area contributed by atoms with Crippen molar-refractivity contribution in [2.45, 2.75) is 26.0 Å².